The highest BCUT2D eigenvalue weighted by atomic mass is 16.3. The van der Waals surface area contributed by atoms with Gasteiger partial charge in [0.2, 0.25) is 0 Å². The molecular formula is C19H21N3O2. The van der Waals surface area contributed by atoms with Gasteiger partial charge in [-0.05, 0) is 42.5 Å². The number of hydrogen-bond donors (Lipinski definition) is 2. The second kappa shape index (κ2) is 5.60. The Bertz CT molecular complexity index is 764. The molecule has 1 atom stereocenters. The lowest BCUT2D eigenvalue weighted by Crippen LogP contribution is -2.49. The number of nitrogens with two attached hydrogens (primary N) is 1. The molecule has 5 heteroatoms. The van der Waals surface area contributed by atoms with E-state index in [-0.39, 0.29) is 17.4 Å². The molecule has 2 aromatic rings. The van der Waals surface area contributed by atoms with Gasteiger partial charge in [0, 0.05) is 24.7 Å². The fraction of sp³-hybridized carbons (Fsp3) is 0.368. The number of aromatic nitrogens is 1. The number of carbonyl (C=O) groups is 1. The molecule has 3 N–H and O–H groups in total. The number of likely N-dealkylation sites (tertiary alicyclic amines) is 1. The number of carbonyl (C=O) groups excluding carboxylic acids is 1. The van der Waals surface area contributed by atoms with Gasteiger partial charge in [-0.3, -0.25) is 4.79 Å². The Morgan fingerprint density at radius 3 is 2.67 bits per heavy atom. The number of fused-ring (bicyclic) bond motifs is 2. The van der Waals surface area contributed by atoms with Gasteiger partial charge in [0.1, 0.15) is 5.82 Å². The average Bonchev–Trinajstić information content (AvgIpc) is 2.88. The Morgan fingerprint density at radius 1 is 1.21 bits per heavy atom. The number of hydrogen-bond acceptors (Lipinski definition) is 4. The van der Waals surface area contributed by atoms with Crippen LogP contribution >= 0.6 is 0 Å². The van der Waals surface area contributed by atoms with Crippen LogP contribution in [0.15, 0.2) is 42.6 Å². The van der Waals surface area contributed by atoms with Crippen molar-refractivity contribution in [3.8, 4) is 0 Å². The molecule has 1 aliphatic heterocycles. The summed E-state index contributed by atoms with van der Waals surface area (Å²) in [6.45, 7) is 1.29. The van der Waals surface area contributed by atoms with E-state index in [1.54, 1.807) is 12.1 Å². The minimum absolute atomic E-state index is 0.0156. The summed E-state index contributed by atoms with van der Waals surface area (Å²) in [6.07, 6.45) is 3.47. The quantitative estimate of drug-likeness (QED) is 0.838. The molecule has 1 aliphatic carbocycles. The van der Waals surface area contributed by atoms with E-state index in [4.69, 9.17) is 5.73 Å². The molecular weight excluding hydrogens is 302 g/mol. The number of nitrogen functional groups attached to an aromatic ring is 1. The van der Waals surface area contributed by atoms with Crippen molar-refractivity contribution in [2.75, 3.05) is 18.8 Å². The van der Waals surface area contributed by atoms with E-state index in [0.29, 0.717) is 30.9 Å². The molecule has 1 saturated heterocycles. The van der Waals surface area contributed by atoms with E-state index in [0.717, 1.165) is 12.8 Å². The summed E-state index contributed by atoms with van der Waals surface area (Å²) in [6, 6.07) is 11.7. The maximum atomic E-state index is 12.6. The summed E-state index contributed by atoms with van der Waals surface area (Å²) in [4.78, 5) is 18.5. The molecule has 1 fully saturated rings. The normalized spacial score (nSPS) is 21.7. The summed E-state index contributed by atoms with van der Waals surface area (Å²) in [5.41, 5.74) is 8.45. The van der Waals surface area contributed by atoms with E-state index >= 15 is 0 Å². The van der Waals surface area contributed by atoms with Gasteiger partial charge in [0.15, 0.2) is 0 Å². The summed E-state index contributed by atoms with van der Waals surface area (Å²) in [5.74, 6) is 0.396. The van der Waals surface area contributed by atoms with Gasteiger partial charge in [0.05, 0.1) is 11.7 Å². The van der Waals surface area contributed by atoms with E-state index in [1.807, 2.05) is 17.0 Å². The molecule has 1 unspecified atom stereocenters. The first kappa shape index (κ1) is 15.1. The molecule has 0 radical (unpaired) electrons. The standard InChI is InChI=1S/C19H21N3O2/c20-17-6-5-14(12-21-17)18(24)22-9-7-19(8-10-22)15-4-2-1-3-13(15)11-16(19)23/h1-6,12,16,23H,7-11H2,(H2,20,21). The lowest BCUT2D eigenvalue weighted by molar-refractivity contribution is 0.0365. The van der Waals surface area contributed by atoms with Crippen molar-refractivity contribution >= 4 is 11.7 Å². The highest BCUT2D eigenvalue weighted by Gasteiger charge is 2.48. The summed E-state index contributed by atoms with van der Waals surface area (Å²) >= 11 is 0. The molecule has 124 valence electrons. The number of rotatable bonds is 1. The maximum absolute atomic E-state index is 12.6. The summed E-state index contributed by atoms with van der Waals surface area (Å²) in [5, 5.41) is 10.7. The van der Waals surface area contributed by atoms with Crippen molar-refractivity contribution in [1.29, 1.82) is 0 Å². The molecule has 5 nitrogen and oxygen atoms in total. The lowest BCUT2D eigenvalue weighted by atomic mass is 9.72. The fourth-order valence-electron chi connectivity index (χ4n) is 4.19. The Labute approximate surface area is 141 Å². The van der Waals surface area contributed by atoms with Crippen molar-refractivity contribution in [3.63, 3.8) is 0 Å². The van der Waals surface area contributed by atoms with Crippen LogP contribution in [0.4, 0.5) is 5.82 Å². The van der Waals surface area contributed by atoms with E-state index in [1.165, 1.54) is 17.3 Å². The first-order chi connectivity index (χ1) is 11.6. The molecule has 1 aromatic heterocycles. The fourth-order valence-corrected chi connectivity index (χ4v) is 4.19. The van der Waals surface area contributed by atoms with Crippen molar-refractivity contribution in [1.82, 2.24) is 9.88 Å². The van der Waals surface area contributed by atoms with Crippen LogP contribution in [-0.4, -0.2) is 40.1 Å². The monoisotopic (exact) mass is 323 g/mol. The Balaban J connectivity index is 1.53. The van der Waals surface area contributed by atoms with Crippen molar-refractivity contribution in [2.45, 2.75) is 30.8 Å². The number of anilines is 1. The predicted octanol–water partition coefficient (Wildman–Crippen LogP) is 1.75. The number of aliphatic hydroxyl groups is 1. The number of aliphatic hydroxyl groups excluding tert-OH is 1. The number of pyridine rings is 1. The predicted molar refractivity (Wildman–Crippen MR) is 91.6 cm³/mol. The lowest BCUT2D eigenvalue weighted by Gasteiger charge is -2.42. The van der Waals surface area contributed by atoms with Crippen LogP contribution in [-0.2, 0) is 11.8 Å². The molecule has 1 amide bonds. The van der Waals surface area contributed by atoms with Gasteiger partial charge in [-0.15, -0.1) is 0 Å². The number of piperidine rings is 1. The van der Waals surface area contributed by atoms with Crippen LogP contribution in [0.1, 0.15) is 34.3 Å². The molecule has 0 saturated carbocycles. The van der Waals surface area contributed by atoms with Gasteiger partial charge >= 0.3 is 0 Å². The van der Waals surface area contributed by atoms with Gasteiger partial charge in [-0.2, -0.15) is 0 Å². The Kier molecular flexibility index (Phi) is 3.53. The zero-order chi connectivity index (χ0) is 16.7. The van der Waals surface area contributed by atoms with Crippen LogP contribution in [0.25, 0.3) is 0 Å². The van der Waals surface area contributed by atoms with Crippen molar-refractivity contribution in [3.05, 3.63) is 59.3 Å². The van der Waals surface area contributed by atoms with Crippen LogP contribution in [0, 0.1) is 0 Å². The first-order valence-electron chi connectivity index (χ1n) is 8.37. The third-order valence-electron chi connectivity index (χ3n) is 5.58. The van der Waals surface area contributed by atoms with Crippen molar-refractivity contribution < 1.29 is 9.90 Å². The second-order valence-corrected chi connectivity index (χ2v) is 6.80. The van der Waals surface area contributed by atoms with Gasteiger partial charge in [0.25, 0.3) is 5.91 Å². The minimum Gasteiger partial charge on any atom is -0.392 e. The highest BCUT2D eigenvalue weighted by molar-refractivity contribution is 5.94. The number of benzene rings is 1. The van der Waals surface area contributed by atoms with Gasteiger partial charge in [-0.1, -0.05) is 24.3 Å². The maximum Gasteiger partial charge on any atom is 0.255 e. The zero-order valence-corrected chi connectivity index (χ0v) is 13.5. The smallest absolute Gasteiger partial charge is 0.255 e. The van der Waals surface area contributed by atoms with Gasteiger partial charge < -0.3 is 15.7 Å². The Hall–Kier alpha value is -2.40. The SMILES string of the molecule is Nc1ccc(C(=O)N2CCC3(CC2)c2ccccc2CC3O)cn1. The van der Waals surface area contributed by atoms with E-state index in [9.17, 15) is 9.90 Å². The molecule has 2 heterocycles. The molecule has 24 heavy (non-hydrogen) atoms. The average molecular weight is 323 g/mol. The third-order valence-corrected chi connectivity index (χ3v) is 5.58. The number of nitrogens with zero attached hydrogens (tertiary/aromatic N) is 2. The minimum atomic E-state index is -0.356. The van der Waals surface area contributed by atoms with Crippen molar-refractivity contribution in [2.24, 2.45) is 0 Å². The molecule has 1 spiro atoms. The Morgan fingerprint density at radius 2 is 1.96 bits per heavy atom. The first-order valence-corrected chi connectivity index (χ1v) is 8.37. The zero-order valence-electron chi connectivity index (χ0n) is 13.5. The van der Waals surface area contributed by atoms with Crippen LogP contribution < -0.4 is 5.73 Å². The highest BCUT2D eigenvalue weighted by Crippen LogP contribution is 2.46. The molecule has 0 bridgehead atoms. The van der Waals surface area contributed by atoms with E-state index in [2.05, 4.69) is 17.1 Å². The number of amides is 1. The van der Waals surface area contributed by atoms with E-state index < -0.39 is 0 Å². The van der Waals surface area contributed by atoms with Gasteiger partial charge in [-0.25, -0.2) is 4.98 Å². The topological polar surface area (TPSA) is 79.5 Å². The van der Waals surface area contributed by atoms with Crippen LogP contribution in [0.2, 0.25) is 0 Å². The van der Waals surface area contributed by atoms with Crippen LogP contribution in [0.5, 0.6) is 0 Å². The molecule has 1 aromatic carbocycles. The largest absolute Gasteiger partial charge is 0.392 e. The van der Waals surface area contributed by atoms with Crippen LogP contribution in [0.3, 0.4) is 0 Å². The second-order valence-electron chi connectivity index (χ2n) is 6.80. The third kappa shape index (κ3) is 2.27. The molecule has 2 aliphatic rings. The molecule has 4 rings (SSSR count). The summed E-state index contributed by atoms with van der Waals surface area (Å²) in [7, 11) is 0. The summed E-state index contributed by atoms with van der Waals surface area (Å²) < 4.78 is 0.